The van der Waals surface area contributed by atoms with Gasteiger partial charge in [-0.25, -0.2) is 4.39 Å². The quantitative estimate of drug-likeness (QED) is 0.643. The fourth-order valence-corrected chi connectivity index (χ4v) is 2.96. The van der Waals surface area contributed by atoms with Crippen molar-refractivity contribution in [2.75, 3.05) is 0 Å². The molecule has 0 heterocycles. The first-order valence-corrected chi connectivity index (χ1v) is 6.17. The van der Waals surface area contributed by atoms with E-state index in [0.29, 0.717) is 5.92 Å². The minimum atomic E-state index is -0.192. The molecule has 17 heavy (non-hydrogen) atoms. The van der Waals surface area contributed by atoms with Crippen molar-refractivity contribution in [1.29, 1.82) is 0 Å². The minimum absolute atomic E-state index is 0.0706. The van der Waals surface area contributed by atoms with Crippen LogP contribution < -0.4 is 0 Å². The second kappa shape index (κ2) is 4.15. The van der Waals surface area contributed by atoms with Crippen LogP contribution in [0, 0.1) is 5.82 Å². The second-order valence-corrected chi connectivity index (χ2v) is 4.96. The van der Waals surface area contributed by atoms with Crippen molar-refractivity contribution in [3.05, 3.63) is 71.0 Å². The van der Waals surface area contributed by atoms with Crippen LogP contribution in [0.25, 0.3) is 0 Å². The number of hydrogen-bond acceptors (Lipinski definition) is 0. The molecule has 0 nitrogen and oxygen atoms in total. The normalized spacial score (nSPS) is 22.5. The molecule has 0 radical (unpaired) electrons. The average molecular weight is 247 g/mol. The van der Waals surface area contributed by atoms with Gasteiger partial charge in [-0.05, 0) is 35.2 Å². The summed E-state index contributed by atoms with van der Waals surface area (Å²) in [4.78, 5) is 0. The van der Waals surface area contributed by atoms with Crippen molar-refractivity contribution in [2.45, 2.75) is 17.7 Å². The Labute approximate surface area is 105 Å². The Morgan fingerprint density at radius 2 is 1.59 bits per heavy atom. The van der Waals surface area contributed by atoms with Crippen LogP contribution >= 0.6 is 11.6 Å². The lowest BCUT2D eigenvalue weighted by molar-refractivity contribution is 0.626. The highest BCUT2D eigenvalue weighted by molar-refractivity contribution is 6.21. The van der Waals surface area contributed by atoms with Crippen LogP contribution in [0.3, 0.4) is 0 Å². The summed E-state index contributed by atoms with van der Waals surface area (Å²) in [6, 6.07) is 15.0. The maximum absolute atomic E-state index is 12.9. The molecule has 86 valence electrons. The van der Waals surface area contributed by atoms with Crippen LogP contribution in [-0.2, 0) is 0 Å². The minimum Gasteiger partial charge on any atom is -0.207 e. The zero-order chi connectivity index (χ0) is 11.8. The fourth-order valence-electron chi connectivity index (χ4n) is 2.59. The van der Waals surface area contributed by atoms with Gasteiger partial charge in [0.1, 0.15) is 5.82 Å². The molecule has 1 aliphatic rings. The Bertz CT molecular complexity index is 533. The lowest BCUT2D eigenvalue weighted by Gasteiger charge is -2.11. The van der Waals surface area contributed by atoms with Gasteiger partial charge in [0.15, 0.2) is 0 Å². The monoisotopic (exact) mass is 246 g/mol. The smallest absolute Gasteiger partial charge is 0.123 e. The van der Waals surface area contributed by atoms with E-state index in [9.17, 15) is 4.39 Å². The van der Waals surface area contributed by atoms with Gasteiger partial charge in [-0.3, -0.25) is 0 Å². The van der Waals surface area contributed by atoms with Gasteiger partial charge >= 0.3 is 0 Å². The van der Waals surface area contributed by atoms with Gasteiger partial charge in [0.2, 0.25) is 0 Å². The molecule has 0 unspecified atom stereocenters. The van der Waals surface area contributed by atoms with E-state index in [2.05, 4.69) is 12.1 Å². The molecule has 0 fully saturated rings. The first kappa shape index (κ1) is 10.8. The fraction of sp³-hybridized carbons (Fsp3) is 0.200. The molecule has 0 saturated carbocycles. The molecule has 0 aliphatic heterocycles. The standard InChI is InChI=1S/C15H12ClF/c16-15-9-14(10-5-7-11(17)8-6-10)12-3-1-2-4-13(12)15/h1-8,14-15H,9H2/t14-,15-/m1/s1. The summed E-state index contributed by atoms with van der Waals surface area (Å²) in [6.07, 6.45) is 0.895. The van der Waals surface area contributed by atoms with Crippen LogP contribution in [-0.4, -0.2) is 0 Å². The molecule has 0 spiro atoms. The molecule has 0 saturated heterocycles. The first-order chi connectivity index (χ1) is 8.25. The van der Waals surface area contributed by atoms with E-state index in [1.807, 2.05) is 24.3 Å². The molecule has 3 rings (SSSR count). The zero-order valence-corrected chi connectivity index (χ0v) is 9.99. The molecular formula is C15H12ClF. The van der Waals surface area contributed by atoms with Crippen molar-refractivity contribution in [2.24, 2.45) is 0 Å². The molecule has 0 amide bonds. The van der Waals surface area contributed by atoms with Crippen molar-refractivity contribution >= 4 is 11.6 Å². The molecule has 0 N–H and O–H groups in total. The van der Waals surface area contributed by atoms with Gasteiger partial charge < -0.3 is 0 Å². The van der Waals surface area contributed by atoms with Crippen molar-refractivity contribution in [1.82, 2.24) is 0 Å². The molecule has 2 aromatic carbocycles. The molecular weight excluding hydrogens is 235 g/mol. The predicted octanol–water partition coefficient (Wildman–Crippen LogP) is 4.64. The Balaban J connectivity index is 2.04. The lowest BCUT2D eigenvalue weighted by Crippen LogP contribution is -1.95. The lowest BCUT2D eigenvalue weighted by atomic mass is 9.93. The van der Waals surface area contributed by atoms with E-state index in [-0.39, 0.29) is 11.2 Å². The maximum Gasteiger partial charge on any atom is 0.123 e. The third kappa shape index (κ3) is 1.85. The zero-order valence-electron chi connectivity index (χ0n) is 9.24. The summed E-state index contributed by atoms with van der Waals surface area (Å²) in [5, 5.41) is 0.0706. The summed E-state index contributed by atoms with van der Waals surface area (Å²) in [5.74, 6) is 0.108. The number of hydrogen-bond donors (Lipinski definition) is 0. The van der Waals surface area contributed by atoms with Crippen LogP contribution in [0.5, 0.6) is 0 Å². The Kier molecular flexibility index (Phi) is 2.64. The molecule has 2 atom stereocenters. The van der Waals surface area contributed by atoms with E-state index in [0.717, 1.165) is 12.0 Å². The van der Waals surface area contributed by atoms with Gasteiger partial charge in [0.05, 0.1) is 5.38 Å². The predicted molar refractivity (Wildman–Crippen MR) is 67.9 cm³/mol. The van der Waals surface area contributed by atoms with Crippen LogP contribution in [0.2, 0.25) is 0 Å². The van der Waals surface area contributed by atoms with E-state index >= 15 is 0 Å². The summed E-state index contributed by atoms with van der Waals surface area (Å²) < 4.78 is 12.9. The van der Waals surface area contributed by atoms with E-state index in [1.165, 1.54) is 23.3 Å². The third-order valence-corrected chi connectivity index (χ3v) is 3.84. The van der Waals surface area contributed by atoms with Crippen LogP contribution in [0.4, 0.5) is 4.39 Å². The maximum atomic E-state index is 12.9. The Hall–Kier alpha value is -1.34. The summed E-state index contributed by atoms with van der Waals surface area (Å²) in [7, 11) is 0. The van der Waals surface area contributed by atoms with E-state index in [1.54, 1.807) is 0 Å². The van der Waals surface area contributed by atoms with E-state index < -0.39 is 0 Å². The highest BCUT2D eigenvalue weighted by atomic mass is 35.5. The molecule has 2 aromatic rings. The van der Waals surface area contributed by atoms with Gasteiger partial charge in [0, 0.05) is 5.92 Å². The van der Waals surface area contributed by atoms with Crippen molar-refractivity contribution < 1.29 is 4.39 Å². The summed E-state index contributed by atoms with van der Waals surface area (Å²) >= 11 is 6.34. The van der Waals surface area contributed by atoms with E-state index in [4.69, 9.17) is 11.6 Å². The number of halogens is 2. The van der Waals surface area contributed by atoms with Gasteiger partial charge in [-0.2, -0.15) is 0 Å². The van der Waals surface area contributed by atoms with Gasteiger partial charge in [0.25, 0.3) is 0 Å². The molecule has 0 aromatic heterocycles. The Morgan fingerprint density at radius 3 is 2.29 bits per heavy atom. The highest BCUT2D eigenvalue weighted by Gasteiger charge is 2.30. The van der Waals surface area contributed by atoms with Crippen LogP contribution in [0.15, 0.2) is 48.5 Å². The Morgan fingerprint density at radius 1 is 0.941 bits per heavy atom. The number of fused-ring (bicyclic) bond motifs is 1. The van der Waals surface area contributed by atoms with Crippen molar-refractivity contribution in [3.63, 3.8) is 0 Å². The SMILES string of the molecule is Fc1ccc([C@H]2C[C@@H](Cl)c3ccccc32)cc1. The highest BCUT2D eigenvalue weighted by Crippen LogP contribution is 2.46. The third-order valence-electron chi connectivity index (χ3n) is 3.42. The summed E-state index contributed by atoms with van der Waals surface area (Å²) in [6.45, 7) is 0. The molecule has 0 bridgehead atoms. The van der Waals surface area contributed by atoms with Crippen molar-refractivity contribution in [3.8, 4) is 0 Å². The number of benzene rings is 2. The number of alkyl halides is 1. The number of rotatable bonds is 1. The molecule has 2 heteroatoms. The largest absolute Gasteiger partial charge is 0.207 e. The molecule has 1 aliphatic carbocycles. The topological polar surface area (TPSA) is 0 Å². The second-order valence-electron chi connectivity index (χ2n) is 4.44. The first-order valence-electron chi connectivity index (χ1n) is 5.74. The summed E-state index contributed by atoms with van der Waals surface area (Å²) in [5.41, 5.74) is 3.63. The van der Waals surface area contributed by atoms with Crippen LogP contribution in [0.1, 0.15) is 34.4 Å². The van der Waals surface area contributed by atoms with Gasteiger partial charge in [-0.1, -0.05) is 36.4 Å². The average Bonchev–Trinajstić information content (AvgIpc) is 2.69. The van der Waals surface area contributed by atoms with Gasteiger partial charge in [-0.15, -0.1) is 11.6 Å².